The summed E-state index contributed by atoms with van der Waals surface area (Å²) in [4.78, 5) is 37.1. The van der Waals surface area contributed by atoms with E-state index in [0.29, 0.717) is 22.7 Å². The Morgan fingerprint density at radius 1 is 1.12 bits per heavy atom. The van der Waals surface area contributed by atoms with E-state index < -0.39 is 29.5 Å². The van der Waals surface area contributed by atoms with E-state index in [1.807, 2.05) is 0 Å². The van der Waals surface area contributed by atoms with Gasteiger partial charge in [-0.25, -0.2) is 0 Å². The molecule has 170 valence electrons. The lowest BCUT2D eigenvalue weighted by atomic mass is 10.1. The maximum Gasteiger partial charge on any atom is 0.252 e. The first-order valence-corrected chi connectivity index (χ1v) is 10.8. The van der Waals surface area contributed by atoms with Gasteiger partial charge in [0.2, 0.25) is 11.8 Å². The molecule has 3 atom stereocenters. The Balaban J connectivity index is 1.50. The Bertz CT molecular complexity index is 974. The van der Waals surface area contributed by atoms with Crippen molar-refractivity contribution in [3.8, 4) is 11.5 Å². The van der Waals surface area contributed by atoms with Gasteiger partial charge in [0.1, 0.15) is 23.0 Å². The molecule has 2 aromatic carbocycles. The second kappa shape index (κ2) is 10.8. The third-order valence-electron chi connectivity index (χ3n) is 4.65. The molecule has 0 bridgehead atoms. The van der Waals surface area contributed by atoms with E-state index in [9.17, 15) is 14.4 Å². The van der Waals surface area contributed by atoms with Crippen molar-refractivity contribution in [2.45, 2.75) is 17.7 Å². The number of rotatable bonds is 8. The number of hydrogen-bond donors (Lipinski definition) is 5. The van der Waals surface area contributed by atoms with Crippen LogP contribution >= 0.6 is 11.8 Å². The standard InChI is InChI=1S/C21H25N5O5S/c1-30-13-8-9-14(15(10-13)31-2)23-16(27)11-32-21-25-18(22)17(20(29)26-21)24-19(28)12-6-4-3-5-7-12/h3-10,17-18,21,25H,11,22H2,1-2H3,(H,23,27)(H,24,28)(H,26,29). The van der Waals surface area contributed by atoms with Crippen molar-refractivity contribution in [1.29, 1.82) is 0 Å². The lowest BCUT2D eigenvalue weighted by Gasteiger charge is -2.35. The normalized spacial score (nSPS) is 20.1. The zero-order valence-corrected chi connectivity index (χ0v) is 18.4. The molecule has 1 aliphatic rings. The molecule has 3 unspecified atom stereocenters. The van der Waals surface area contributed by atoms with Gasteiger partial charge >= 0.3 is 0 Å². The summed E-state index contributed by atoms with van der Waals surface area (Å²) in [6.45, 7) is 0. The molecule has 1 saturated heterocycles. The second-order valence-corrected chi connectivity index (χ2v) is 7.92. The molecule has 3 amide bonds. The van der Waals surface area contributed by atoms with Crippen LogP contribution in [0.25, 0.3) is 0 Å². The third kappa shape index (κ3) is 5.90. The quantitative estimate of drug-likeness (QED) is 0.383. The zero-order valence-electron chi connectivity index (χ0n) is 17.6. The summed E-state index contributed by atoms with van der Waals surface area (Å²) in [6, 6.07) is 12.6. The number of anilines is 1. The maximum atomic E-state index is 12.5. The van der Waals surface area contributed by atoms with Crippen LogP contribution in [0.15, 0.2) is 48.5 Å². The van der Waals surface area contributed by atoms with Gasteiger partial charge in [-0.05, 0) is 24.3 Å². The molecule has 0 radical (unpaired) electrons. The number of carbonyl (C=O) groups excluding carboxylic acids is 3. The maximum absolute atomic E-state index is 12.5. The fourth-order valence-electron chi connectivity index (χ4n) is 3.00. The highest BCUT2D eigenvalue weighted by Gasteiger charge is 2.35. The summed E-state index contributed by atoms with van der Waals surface area (Å²) in [5.41, 5.74) is 6.39. The van der Waals surface area contributed by atoms with Gasteiger partial charge < -0.3 is 31.2 Å². The van der Waals surface area contributed by atoms with Gasteiger partial charge in [-0.2, -0.15) is 0 Å². The van der Waals surface area contributed by atoms with Crippen molar-refractivity contribution in [2.75, 3.05) is 25.3 Å². The van der Waals surface area contributed by atoms with E-state index in [0.717, 1.165) is 11.8 Å². The molecule has 3 rings (SSSR count). The van der Waals surface area contributed by atoms with E-state index >= 15 is 0 Å². The minimum absolute atomic E-state index is 0.0426. The lowest BCUT2D eigenvalue weighted by molar-refractivity contribution is -0.125. The highest BCUT2D eigenvalue weighted by atomic mass is 32.2. The molecule has 1 aliphatic heterocycles. The Hall–Kier alpha value is -3.28. The molecule has 0 aromatic heterocycles. The number of methoxy groups -OCH3 is 2. The van der Waals surface area contributed by atoms with Crippen LogP contribution in [0.5, 0.6) is 11.5 Å². The van der Waals surface area contributed by atoms with Gasteiger partial charge in [0.25, 0.3) is 5.91 Å². The van der Waals surface area contributed by atoms with Crippen LogP contribution in [0.2, 0.25) is 0 Å². The number of nitrogens with two attached hydrogens (primary N) is 1. The number of nitrogens with one attached hydrogen (secondary N) is 4. The molecule has 6 N–H and O–H groups in total. The van der Waals surface area contributed by atoms with Gasteiger partial charge in [-0.3, -0.25) is 19.7 Å². The van der Waals surface area contributed by atoms with Crippen molar-refractivity contribution < 1.29 is 23.9 Å². The molecule has 2 aromatic rings. The first-order chi connectivity index (χ1) is 15.4. The van der Waals surface area contributed by atoms with Gasteiger partial charge in [0.15, 0.2) is 0 Å². The summed E-state index contributed by atoms with van der Waals surface area (Å²) in [5.74, 6) is -0.0159. The van der Waals surface area contributed by atoms with E-state index in [1.54, 1.807) is 48.5 Å². The smallest absolute Gasteiger partial charge is 0.252 e. The Morgan fingerprint density at radius 3 is 2.53 bits per heavy atom. The number of thioether (sulfide) groups is 1. The fraction of sp³-hybridized carbons (Fsp3) is 0.286. The summed E-state index contributed by atoms with van der Waals surface area (Å²) < 4.78 is 10.4. The lowest BCUT2D eigenvalue weighted by Crippen LogP contribution is -2.70. The predicted molar refractivity (Wildman–Crippen MR) is 121 cm³/mol. The molecule has 0 saturated carbocycles. The molecule has 0 aliphatic carbocycles. The second-order valence-electron chi connectivity index (χ2n) is 6.82. The highest BCUT2D eigenvalue weighted by molar-refractivity contribution is 8.00. The van der Waals surface area contributed by atoms with E-state index in [1.165, 1.54) is 14.2 Å². The fourth-order valence-corrected chi connectivity index (χ4v) is 3.84. The van der Waals surface area contributed by atoms with Crippen LogP contribution in [-0.2, 0) is 9.59 Å². The van der Waals surface area contributed by atoms with E-state index in [-0.39, 0.29) is 11.7 Å². The summed E-state index contributed by atoms with van der Waals surface area (Å²) >= 11 is 1.16. The number of ether oxygens (including phenoxy) is 2. The van der Waals surface area contributed by atoms with Crippen LogP contribution < -0.4 is 36.5 Å². The number of hydrogen-bond acceptors (Lipinski definition) is 8. The van der Waals surface area contributed by atoms with Gasteiger partial charge in [0, 0.05) is 11.6 Å². The average molecular weight is 460 g/mol. The monoisotopic (exact) mass is 459 g/mol. The van der Waals surface area contributed by atoms with Crippen LogP contribution in [0, 0.1) is 0 Å². The number of benzene rings is 2. The topological polar surface area (TPSA) is 144 Å². The third-order valence-corrected chi connectivity index (χ3v) is 5.66. The van der Waals surface area contributed by atoms with Crippen molar-refractivity contribution >= 4 is 35.2 Å². The molecular weight excluding hydrogens is 434 g/mol. The van der Waals surface area contributed by atoms with Crippen molar-refractivity contribution in [1.82, 2.24) is 16.0 Å². The average Bonchev–Trinajstić information content (AvgIpc) is 2.80. The van der Waals surface area contributed by atoms with Crippen LogP contribution in [0.1, 0.15) is 10.4 Å². The van der Waals surface area contributed by atoms with E-state index in [4.69, 9.17) is 15.2 Å². The Kier molecular flexibility index (Phi) is 7.92. The molecule has 1 fully saturated rings. The first-order valence-electron chi connectivity index (χ1n) is 9.72. The minimum Gasteiger partial charge on any atom is -0.497 e. The van der Waals surface area contributed by atoms with Crippen LogP contribution in [-0.4, -0.2) is 55.4 Å². The van der Waals surface area contributed by atoms with Crippen LogP contribution in [0.4, 0.5) is 5.69 Å². The Morgan fingerprint density at radius 2 is 1.88 bits per heavy atom. The number of amides is 3. The van der Waals surface area contributed by atoms with Gasteiger partial charge in [0.05, 0.1) is 31.8 Å². The molecule has 32 heavy (non-hydrogen) atoms. The summed E-state index contributed by atoms with van der Waals surface area (Å²) in [6.07, 6.45) is -0.821. The van der Waals surface area contributed by atoms with E-state index in [2.05, 4.69) is 21.3 Å². The molecular formula is C21H25N5O5S. The van der Waals surface area contributed by atoms with Gasteiger partial charge in [-0.1, -0.05) is 18.2 Å². The van der Waals surface area contributed by atoms with Crippen molar-refractivity contribution in [3.05, 3.63) is 54.1 Å². The first kappa shape index (κ1) is 23.4. The Labute approximate surface area is 189 Å². The number of carbonyl (C=O) groups is 3. The minimum atomic E-state index is -0.947. The SMILES string of the molecule is COc1ccc(NC(=O)CSC2NC(=O)C(NC(=O)c3ccccc3)C(N)N2)c(OC)c1. The summed E-state index contributed by atoms with van der Waals surface area (Å²) in [5, 5.41) is 11.1. The predicted octanol–water partition coefficient (Wildman–Crippen LogP) is 0.462. The van der Waals surface area contributed by atoms with Crippen molar-refractivity contribution in [2.24, 2.45) is 5.73 Å². The van der Waals surface area contributed by atoms with Crippen LogP contribution in [0.3, 0.4) is 0 Å². The molecule has 11 heteroatoms. The molecule has 10 nitrogen and oxygen atoms in total. The van der Waals surface area contributed by atoms with Gasteiger partial charge in [-0.15, -0.1) is 11.8 Å². The molecule has 1 heterocycles. The highest BCUT2D eigenvalue weighted by Crippen LogP contribution is 2.29. The van der Waals surface area contributed by atoms with Crippen molar-refractivity contribution in [3.63, 3.8) is 0 Å². The zero-order chi connectivity index (χ0) is 23.1. The molecule has 0 spiro atoms. The largest absolute Gasteiger partial charge is 0.497 e. The summed E-state index contributed by atoms with van der Waals surface area (Å²) in [7, 11) is 3.03.